The molecule has 8 N–H and O–H groups in total. The molecule has 24 heavy (non-hydrogen) atoms. The fourth-order valence-electron chi connectivity index (χ4n) is 2.04. The van der Waals surface area contributed by atoms with Crippen LogP contribution in [0.2, 0.25) is 0 Å². The largest absolute Gasteiger partial charge is 0.481 e. The van der Waals surface area contributed by atoms with E-state index >= 15 is 0 Å². The summed E-state index contributed by atoms with van der Waals surface area (Å²) >= 11 is 0. The van der Waals surface area contributed by atoms with Gasteiger partial charge in [0.1, 0.15) is 0 Å². The Morgan fingerprint density at radius 2 is 1.29 bits per heavy atom. The van der Waals surface area contributed by atoms with Crippen molar-refractivity contribution in [1.82, 2.24) is 0 Å². The van der Waals surface area contributed by atoms with Crippen LogP contribution in [0.3, 0.4) is 0 Å². The third-order valence-electron chi connectivity index (χ3n) is 3.27. The number of aliphatic carboxylic acids is 2. The Labute approximate surface area is 137 Å². The lowest BCUT2D eigenvalue weighted by Crippen LogP contribution is -2.30. The number of carboxylic acid groups (broad SMARTS) is 2. The summed E-state index contributed by atoms with van der Waals surface area (Å²) < 4.78 is 21.0. The molecule has 0 saturated heterocycles. The van der Waals surface area contributed by atoms with Crippen LogP contribution in [-0.2, 0) is 18.7 Å². The van der Waals surface area contributed by atoms with Crippen molar-refractivity contribution in [3.63, 3.8) is 0 Å². The summed E-state index contributed by atoms with van der Waals surface area (Å²) in [4.78, 5) is 55.2. The van der Waals surface area contributed by atoms with Gasteiger partial charge >= 0.3 is 27.1 Å². The summed E-state index contributed by atoms with van der Waals surface area (Å²) in [5.74, 6) is -3.56. The highest BCUT2D eigenvalue weighted by Gasteiger charge is 2.42. The van der Waals surface area contributed by atoms with Crippen LogP contribution >= 0.6 is 15.2 Å². The van der Waals surface area contributed by atoms with E-state index in [1.807, 2.05) is 0 Å². The minimum absolute atomic E-state index is 0.180. The lowest BCUT2D eigenvalue weighted by atomic mass is 9.83. The first kappa shape index (κ1) is 22.9. The number of hydrogen-bond acceptors (Lipinski definition) is 5. The SMILES string of the molecule is NCCC(P(=O)(O)O)P(=O)(O)O.O=C(O)C1CC=CCC1C(=O)O. The highest BCUT2D eigenvalue weighted by atomic mass is 31.2. The molecule has 1 aliphatic carbocycles. The number of carboxylic acids is 2. The van der Waals surface area contributed by atoms with Gasteiger partial charge in [-0.25, -0.2) is 0 Å². The smallest absolute Gasteiger partial charge is 0.340 e. The second kappa shape index (κ2) is 9.43. The molecular weight excluding hydrogens is 368 g/mol. The van der Waals surface area contributed by atoms with Gasteiger partial charge in [0.2, 0.25) is 0 Å². The summed E-state index contributed by atoms with van der Waals surface area (Å²) in [5.41, 5.74) is 4.94. The summed E-state index contributed by atoms with van der Waals surface area (Å²) in [6.45, 7) is -0.180. The number of allylic oxidation sites excluding steroid dienone is 2. The molecule has 0 amide bonds. The molecule has 2 unspecified atom stereocenters. The van der Waals surface area contributed by atoms with Crippen molar-refractivity contribution >= 4 is 27.1 Å². The van der Waals surface area contributed by atoms with Gasteiger partial charge in [0, 0.05) is 0 Å². The number of rotatable bonds is 6. The zero-order valence-electron chi connectivity index (χ0n) is 12.5. The average molecular weight is 389 g/mol. The molecule has 0 aromatic heterocycles. The molecule has 0 spiro atoms. The van der Waals surface area contributed by atoms with Crippen molar-refractivity contribution in [2.45, 2.75) is 24.7 Å². The third-order valence-corrected chi connectivity index (χ3v) is 7.14. The van der Waals surface area contributed by atoms with Crippen molar-refractivity contribution in [2.24, 2.45) is 17.6 Å². The van der Waals surface area contributed by atoms with Crippen LogP contribution < -0.4 is 5.73 Å². The molecule has 11 nitrogen and oxygen atoms in total. The van der Waals surface area contributed by atoms with Gasteiger partial charge in [-0.3, -0.25) is 18.7 Å². The number of hydrogen-bond donors (Lipinski definition) is 7. The summed E-state index contributed by atoms with van der Waals surface area (Å²) in [7, 11) is -9.51. The molecular formula is C11H21NO10P2. The second-order valence-electron chi connectivity index (χ2n) is 5.07. The van der Waals surface area contributed by atoms with Gasteiger partial charge < -0.3 is 35.5 Å². The quantitative estimate of drug-likeness (QED) is 0.232. The van der Waals surface area contributed by atoms with Crippen molar-refractivity contribution < 1.29 is 48.5 Å². The minimum atomic E-state index is -4.76. The molecule has 0 aromatic rings. The van der Waals surface area contributed by atoms with Gasteiger partial charge in [-0.15, -0.1) is 0 Å². The van der Waals surface area contributed by atoms with E-state index in [9.17, 15) is 18.7 Å². The molecule has 2 atom stereocenters. The van der Waals surface area contributed by atoms with Crippen LogP contribution in [0.4, 0.5) is 0 Å². The summed E-state index contributed by atoms with van der Waals surface area (Å²) in [6.07, 6.45) is 3.70. The minimum Gasteiger partial charge on any atom is -0.481 e. The molecule has 1 aliphatic rings. The summed E-state index contributed by atoms with van der Waals surface area (Å²) in [6, 6.07) is 0. The fraction of sp³-hybridized carbons (Fsp3) is 0.636. The molecule has 0 aliphatic heterocycles. The Kier molecular flexibility index (Phi) is 9.01. The second-order valence-corrected chi connectivity index (χ2v) is 9.08. The third kappa shape index (κ3) is 7.67. The molecule has 0 fully saturated rings. The van der Waals surface area contributed by atoms with Crippen LogP contribution in [0.1, 0.15) is 19.3 Å². The predicted molar refractivity (Wildman–Crippen MR) is 82.2 cm³/mol. The predicted octanol–water partition coefficient (Wildman–Crippen LogP) is -0.245. The van der Waals surface area contributed by atoms with Crippen molar-refractivity contribution in [1.29, 1.82) is 0 Å². The molecule has 140 valence electrons. The van der Waals surface area contributed by atoms with Crippen molar-refractivity contribution in [2.75, 3.05) is 6.54 Å². The van der Waals surface area contributed by atoms with E-state index in [-0.39, 0.29) is 6.54 Å². The maximum atomic E-state index is 10.6. The van der Waals surface area contributed by atoms with Crippen LogP contribution in [0.5, 0.6) is 0 Å². The first-order valence-corrected chi connectivity index (χ1v) is 10.1. The lowest BCUT2D eigenvalue weighted by Gasteiger charge is -2.20. The normalized spacial score (nSPS) is 21.1. The zero-order valence-corrected chi connectivity index (χ0v) is 14.3. The van der Waals surface area contributed by atoms with Crippen LogP contribution in [0.25, 0.3) is 0 Å². The molecule has 0 aromatic carbocycles. The molecule has 0 heterocycles. The molecule has 0 saturated carbocycles. The van der Waals surface area contributed by atoms with Crippen molar-refractivity contribution in [3.8, 4) is 0 Å². The monoisotopic (exact) mass is 389 g/mol. The highest BCUT2D eigenvalue weighted by molar-refractivity contribution is 7.70. The number of nitrogens with two attached hydrogens (primary N) is 1. The Morgan fingerprint density at radius 3 is 1.46 bits per heavy atom. The Hall–Kier alpha value is -1.06. The van der Waals surface area contributed by atoms with Gasteiger partial charge in [0.25, 0.3) is 0 Å². The summed E-state index contributed by atoms with van der Waals surface area (Å²) in [5, 5.41) is 15.4. The van der Waals surface area contributed by atoms with Gasteiger partial charge in [-0.05, 0) is 25.8 Å². The highest BCUT2D eigenvalue weighted by Crippen LogP contribution is 2.60. The molecule has 0 radical (unpaired) electrons. The maximum absolute atomic E-state index is 10.6. The maximum Gasteiger partial charge on any atom is 0.340 e. The van der Waals surface area contributed by atoms with E-state index in [1.165, 1.54) is 0 Å². The van der Waals surface area contributed by atoms with E-state index < -0.39 is 50.8 Å². The van der Waals surface area contributed by atoms with E-state index in [1.54, 1.807) is 12.2 Å². The average Bonchev–Trinajstić information content (AvgIpc) is 2.42. The lowest BCUT2D eigenvalue weighted by molar-refractivity contribution is -0.153. The van der Waals surface area contributed by atoms with Crippen LogP contribution in [0, 0.1) is 11.8 Å². The van der Waals surface area contributed by atoms with E-state index in [0.717, 1.165) is 0 Å². The van der Waals surface area contributed by atoms with E-state index in [2.05, 4.69) is 0 Å². The molecule has 1 rings (SSSR count). The van der Waals surface area contributed by atoms with Gasteiger partial charge in [0.05, 0.1) is 11.8 Å². The first-order chi connectivity index (χ1) is 10.8. The van der Waals surface area contributed by atoms with Gasteiger partial charge in [-0.2, -0.15) is 0 Å². The topological polar surface area (TPSA) is 216 Å². The first-order valence-electron chi connectivity index (χ1n) is 6.73. The van der Waals surface area contributed by atoms with Crippen LogP contribution in [0.15, 0.2) is 12.2 Å². The van der Waals surface area contributed by atoms with Crippen LogP contribution in [-0.4, -0.2) is 53.7 Å². The Balaban J connectivity index is 0.000000441. The Morgan fingerprint density at radius 1 is 0.958 bits per heavy atom. The number of carbonyl (C=O) groups is 2. The van der Waals surface area contributed by atoms with Crippen molar-refractivity contribution in [3.05, 3.63) is 12.2 Å². The van der Waals surface area contributed by atoms with Gasteiger partial charge in [-0.1, -0.05) is 12.2 Å². The fourth-order valence-corrected chi connectivity index (χ4v) is 4.58. The van der Waals surface area contributed by atoms with E-state index in [0.29, 0.717) is 12.8 Å². The molecule has 0 bridgehead atoms. The zero-order chi connectivity index (χ0) is 19.1. The Bertz CT molecular complexity index is 519. The van der Waals surface area contributed by atoms with Gasteiger partial charge in [0.15, 0.2) is 5.40 Å². The van der Waals surface area contributed by atoms with E-state index in [4.69, 9.17) is 35.5 Å². The molecule has 13 heteroatoms. The standard InChI is InChI=1S/C8H10O4.C3H11NO6P2/c9-7(10)5-3-1-2-4-6(5)8(11)12;4-2-1-3(11(5,6)7)12(8,9)10/h1-2,5-6H,3-4H2,(H,9,10)(H,11,12);3H,1-2,4H2,(H2,5,6,7)(H2,8,9,10).